The Labute approximate surface area is 190 Å². The van der Waals surface area contributed by atoms with Crippen LogP contribution in [0.4, 0.5) is 0 Å². The number of amides is 1. The van der Waals surface area contributed by atoms with E-state index in [-0.39, 0.29) is 17.7 Å². The van der Waals surface area contributed by atoms with Crippen LogP contribution in [0.25, 0.3) is 0 Å². The van der Waals surface area contributed by atoms with Crippen molar-refractivity contribution in [2.75, 3.05) is 21.3 Å². The highest BCUT2D eigenvalue weighted by atomic mass is 16.5. The van der Waals surface area contributed by atoms with Gasteiger partial charge in [0.05, 0.1) is 33.8 Å². The van der Waals surface area contributed by atoms with Gasteiger partial charge in [-0.25, -0.2) is 0 Å². The van der Waals surface area contributed by atoms with E-state index in [0.29, 0.717) is 22.8 Å². The average molecular weight is 444 g/mol. The fourth-order valence-corrected chi connectivity index (χ4v) is 3.15. The molecule has 2 atom stereocenters. The number of carbonyl (C=O) groups excluding carboxylic acids is 2. The fraction of sp³-hybridized carbons (Fsp3) is 0.440. The monoisotopic (exact) mass is 443 g/mol. The molecule has 7 nitrogen and oxygen atoms in total. The SMILES string of the molecule is COC(=O)CC(NC(=O)C(C)Oc1ccc(C(C)(C)C)cc1)c1ccc(OC)c(OC)c1. The molecule has 2 aromatic rings. The molecule has 0 fully saturated rings. The molecule has 0 aliphatic heterocycles. The zero-order valence-electron chi connectivity index (χ0n) is 19.9. The van der Waals surface area contributed by atoms with Crippen molar-refractivity contribution in [2.45, 2.75) is 51.7 Å². The summed E-state index contributed by atoms with van der Waals surface area (Å²) >= 11 is 0. The van der Waals surface area contributed by atoms with E-state index in [1.165, 1.54) is 26.9 Å². The first-order valence-electron chi connectivity index (χ1n) is 10.4. The lowest BCUT2D eigenvalue weighted by Gasteiger charge is -2.23. The molecule has 0 heterocycles. The van der Waals surface area contributed by atoms with E-state index < -0.39 is 18.1 Å². The van der Waals surface area contributed by atoms with E-state index in [2.05, 4.69) is 26.1 Å². The summed E-state index contributed by atoms with van der Waals surface area (Å²) in [5.41, 5.74) is 1.89. The molecule has 0 spiro atoms. The zero-order valence-corrected chi connectivity index (χ0v) is 19.9. The van der Waals surface area contributed by atoms with Crippen LogP contribution in [-0.2, 0) is 19.7 Å². The maximum atomic E-state index is 12.9. The second-order valence-electron chi connectivity index (χ2n) is 8.49. The Balaban J connectivity index is 2.16. The number of benzene rings is 2. The molecule has 0 saturated heterocycles. The molecule has 1 amide bonds. The second kappa shape index (κ2) is 10.9. The number of ether oxygens (including phenoxy) is 4. The normalized spacial score (nSPS) is 13.0. The number of hydrogen-bond donors (Lipinski definition) is 1. The standard InChI is InChI=1S/C25H33NO6/c1-16(32-19-11-9-18(10-12-19)25(2,3)4)24(28)26-20(15-23(27)31-7)17-8-13-21(29-5)22(14-17)30-6/h8-14,16,20H,15H2,1-7H3,(H,26,28). The summed E-state index contributed by atoms with van der Waals surface area (Å²) < 4.78 is 21.2. The quantitative estimate of drug-likeness (QED) is 0.585. The van der Waals surface area contributed by atoms with Crippen molar-refractivity contribution in [1.82, 2.24) is 5.32 Å². The van der Waals surface area contributed by atoms with Gasteiger partial charge >= 0.3 is 5.97 Å². The first-order chi connectivity index (χ1) is 15.1. The summed E-state index contributed by atoms with van der Waals surface area (Å²) in [4.78, 5) is 24.8. The van der Waals surface area contributed by atoms with Crippen LogP contribution in [0.15, 0.2) is 42.5 Å². The first kappa shape index (κ1) is 25.0. The van der Waals surface area contributed by atoms with Crippen LogP contribution >= 0.6 is 0 Å². The van der Waals surface area contributed by atoms with Gasteiger partial charge in [-0.3, -0.25) is 9.59 Å². The maximum absolute atomic E-state index is 12.9. The zero-order chi connectivity index (χ0) is 23.9. The highest BCUT2D eigenvalue weighted by molar-refractivity contribution is 5.82. The Hall–Kier alpha value is -3.22. The van der Waals surface area contributed by atoms with Crippen molar-refractivity contribution in [1.29, 1.82) is 0 Å². The number of esters is 1. The predicted octanol–water partition coefficient (Wildman–Crippen LogP) is 4.19. The Kier molecular flexibility index (Phi) is 8.52. The molecule has 1 N–H and O–H groups in total. The predicted molar refractivity (Wildman–Crippen MR) is 122 cm³/mol. The minimum atomic E-state index is -0.768. The van der Waals surface area contributed by atoms with Crippen LogP contribution in [0.5, 0.6) is 17.2 Å². The summed E-state index contributed by atoms with van der Waals surface area (Å²) in [5, 5.41) is 2.88. The summed E-state index contributed by atoms with van der Waals surface area (Å²) in [6, 6.07) is 12.3. The molecule has 32 heavy (non-hydrogen) atoms. The van der Waals surface area contributed by atoms with Crippen molar-refractivity contribution in [3.63, 3.8) is 0 Å². The Morgan fingerprint density at radius 1 is 0.938 bits per heavy atom. The van der Waals surface area contributed by atoms with E-state index in [1.54, 1.807) is 25.1 Å². The van der Waals surface area contributed by atoms with Crippen LogP contribution < -0.4 is 19.5 Å². The third-order valence-electron chi connectivity index (χ3n) is 5.13. The molecular weight excluding hydrogens is 410 g/mol. The molecule has 0 bridgehead atoms. The van der Waals surface area contributed by atoms with Crippen molar-refractivity contribution in [3.05, 3.63) is 53.6 Å². The number of methoxy groups -OCH3 is 3. The van der Waals surface area contributed by atoms with Crippen LogP contribution in [0.1, 0.15) is 51.3 Å². The fourth-order valence-electron chi connectivity index (χ4n) is 3.15. The molecule has 7 heteroatoms. The second-order valence-corrected chi connectivity index (χ2v) is 8.49. The van der Waals surface area contributed by atoms with Gasteiger partial charge in [0.1, 0.15) is 5.75 Å². The summed E-state index contributed by atoms with van der Waals surface area (Å²) in [7, 11) is 4.37. The first-order valence-corrected chi connectivity index (χ1v) is 10.4. The van der Waals surface area contributed by atoms with Gasteiger partial charge in [0.15, 0.2) is 17.6 Å². The minimum Gasteiger partial charge on any atom is -0.493 e. The van der Waals surface area contributed by atoms with E-state index in [0.717, 1.165) is 0 Å². The topological polar surface area (TPSA) is 83.1 Å². The summed E-state index contributed by atoms with van der Waals surface area (Å²) in [6.45, 7) is 8.06. The van der Waals surface area contributed by atoms with E-state index in [4.69, 9.17) is 18.9 Å². The van der Waals surface area contributed by atoms with E-state index in [9.17, 15) is 9.59 Å². The lowest BCUT2D eigenvalue weighted by Crippen LogP contribution is -2.39. The lowest BCUT2D eigenvalue weighted by molar-refractivity contribution is -0.141. The largest absolute Gasteiger partial charge is 0.493 e. The van der Waals surface area contributed by atoms with Gasteiger partial charge in [0.2, 0.25) is 0 Å². The number of nitrogens with one attached hydrogen (secondary N) is 1. The van der Waals surface area contributed by atoms with E-state index >= 15 is 0 Å². The Morgan fingerprint density at radius 2 is 1.56 bits per heavy atom. The van der Waals surface area contributed by atoms with Crippen LogP contribution in [0.2, 0.25) is 0 Å². The Morgan fingerprint density at radius 3 is 2.09 bits per heavy atom. The molecule has 0 radical (unpaired) electrons. The van der Waals surface area contributed by atoms with Crippen molar-refractivity contribution in [2.24, 2.45) is 0 Å². The third-order valence-corrected chi connectivity index (χ3v) is 5.13. The molecule has 0 aromatic heterocycles. The molecular formula is C25H33NO6. The van der Waals surface area contributed by atoms with Crippen molar-refractivity contribution >= 4 is 11.9 Å². The van der Waals surface area contributed by atoms with Crippen molar-refractivity contribution in [3.8, 4) is 17.2 Å². The van der Waals surface area contributed by atoms with E-state index in [1.807, 2.05) is 24.3 Å². The number of hydrogen-bond acceptors (Lipinski definition) is 6. The number of carbonyl (C=O) groups is 2. The molecule has 2 aromatic carbocycles. The van der Waals surface area contributed by atoms with Gasteiger partial charge in [-0.1, -0.05) is 39.0 Å². The Bertz CT molecular complexity index is 917. The maximum Gasteiger partial charge on any atom is 0.307 e. The lowest BCUT2D eigenvalue weighted by atomic mass is 9.87. The minimum absolute atomic E-state index is 0.0298. The van der Waals surface area contributed by atoms with Gasteiger partial charge in [-0.05, 0) is 47.7 Å². The van der Waals surface area contributed by atoms with Gasteiger partial charge in [0, 0.05) is 0 Å². The van der Waals surface area contributed by atoms with Crippen molar-refractivity contribution < 1.29 is 28.5 Å². The molecule has 2 unspecified atom stereocenters. The summed E-state index contributed by atoms with van der Waals surface area (Å²) in [5.74, 6) is 0.841. The molecule has 0 saturated carbocycles. The average Bonchev–Trinajstić information content (AvgIpc) is 2.77. The van der Waals surface area contributed by atoms with Gasteiger partial charge in [-0.15, -0.1) is 0 Å². The summed E-state index contributed by atoms with van der Waals surface area (Å²) in [6.07, 6.45) is -0.805. The highest BCUT2D eigenvalue weighted by Gasteiger charge is 2.24. The smallest absolute Gasteiger partial charge is 0.307 e. The molecule has 0 aliphatic carbocycles. The van der Waals surface area contributed by atoms with Gasteiger partial charge < -0.3 is 24.3 Å². The van der Waals surface area contributed by atoms with Gasteiger partial charge in [0.25, 0.3) is 5.91 Å². The van der Waals surface area contributed by atoms with Gasteiger partial charge in [-0.2, -0.15) is 0 Å². The van der Waals surface area contributed by atoms with Crippen LogP contribution in [-0.4, -0.2) is 39.3 Å². The molecule has 2 rings (SSSR count). The highest BCUT2D eigenvalue weighted by Crippen LogP contribution is 2.31. The van der Waals surface area contributed by atoms with Crippen LogP contribution in [0.3, 0.4) is 0 Å². The molecule has 0 aliphatic rings. The number of rotatable bonds is 9. The van der Waals surface area contributed by atoms with Crippen LogP contribution in [0, 0.1) is 0 Å². The third kappa shape index (κ3) is 6.64. The molecule has 174 valence electrons.